The second-order valence-corrected chi connectivity index (χ2v) is 5.35. The lowest BCUT2D eigenvalue weighted by atomic mass is 10.1. The molecule has 0 spiro atoms. The molecule has 130 valence electrons. The molecule has 1 aliphatic heterocycles. The van der Waals surface area contributed by atoms with E-state index in [0.29, 0.717) is 22.7 Å². The summed E-state index contributed by atoms with van der Waals surface area (Å²) in [6, 6.07) is 13.3. The number of ether oxygens (including phenoxy) is 3. The highest BCUT2D eigenvalue weighted by molar-refractivity contribution is 6.00. The van der Waals surface area contributed by atoms with Crippen LogP contribution in [0.25, 0.3) is 6.08 Å². The van der Waals surface area contributed by atoms with Crippen LogP contribution < -0.4 is 19.5 Å². The smallest absolute Gasteiger partial charge is 0.354 e. The largest absolute Gasteiger partial charge is 0.454 e. The van der Waals surface area contributed by atoms with Crippen LogP contribution in [-0.2, 0) is 9.59 Å². The molecule has 0 bridgehead atoms. The van der Waals surface area contributed by atoms with Crippen molar-refractivity contribution in [2.75, 3.05) is 12.1 Å². The third kappa shape index (κ3) is 3.82. The maximum Gasteiger partial charge on any atom is 0.354 e. The number of fused-ring (bicyclic) bond motifs is 1. The summed E-state index contributed by atoms with van der Waals surface area (Å²) in [5, 5.41) is 11.9. The predicted octanol–water partition coefficient (Wildman–Crippen LogP) is 2.89. The lowest BCUT2D eigenvalue weighted by molar-refractivity contribution is -0.129. The minimum absolute atomic E-state index is 0.135. The van der Waals surface area contributed by atoms with E-state index in [4.69, 9.17) is 14.2 Å². The third-order valence-corrected chi connectivity index (χ3v) is 3.45. The second kappa shape index (κ2) is 7.40. The number of para-hydroxylation sites is 2. The van der Waals surface area contributed by atoms with E-state index in [1.807, 2.05) is 6.07 Å². The zero-order chi connectivity index (χ0) is 18.5. The minimum Gasteiger partial charge on any atom is -0.454 e. The second-order valence-electron chi connectivity index (χ2n) is 5.35. The van der Waals surface area contributed by atoms with E-state index in [1.54, 1.807) is 36.4 Å². The third-order valence-electron chi connectivity index (χ3n) is 3.45. The van der Waals surface area contributed by atoms with E-state index >= 15 is 0 Å². The Balaban J connectivity index is 1.82. The number of hydrogen-bond donors (Lipinski definition) is 1. The van der Waals surface area contributed by atoms with Crippen molar-refractivity contribution in [1.82, 2.24) is 0 Å². The first-order valence-corrected chi connectivity index (χ1v) is 7.67. The molecule has 0 radical (unpaired) electrons. The van der Waals surface area contributed by atoms with Gasteiger partial charge in [0.2, 0.25) is 12.7 Å². The summed E-state index contributed by atoms with van der Waals surface area (Å²) in [6.07, 6.45) is 1.39. The number of rotatable bonds is 4. The molecule has 26 heavy (non-hydrogen) atoms. The van der Waals surface area contributed by atoms with Gasteiger partial charge in [0.1, 0.15) is 11.6 Å². The Bertz CT molecular complexity index is 943. The number of hydrogen-bond acceptors (Lipinski definition) is 6. The van der Waals surface area contributed by atoms with Crippen LogP contribution in [0.2, 0.25) is 0 Å². The summed E-state index contributed by atoms with van der Waals surface area (Å²) < 4.78 is 15.8. The molecule has 0 fully saturated rings. The van der Waals surface area contributed by atoms with Crippen LogP contribution in [0.1, 0.15) is 12.5 Å². The molecule has 0 saturated carbocycles. The molecule has 1 amide bonds. The molecule has 1 N–H and O–H groups in total. The Morgan fingerprint density at radius 2 is 1.96 bits per heavy atom. The van der Waals surface area contributed by atoms with E-state index in [9.17, 15) is 14.9 Å². The van der Waals surface area contributed by atoms with Crippen LogP contribution in [-0.4, -0.2) is 18.7 Å². The number of carbonyl (C=O) groups excluding carboxylic acids is 2. The zero-order valence-corrected chi connectivity index (χ0v) is 13.8. The Labute approximate surface area is 149 Å². The highest BCUT2D eigenvalue weighted by atomic mass is 16.7. The molecular weight excluding hydrogens is 336 g/mol. The molecule has 1 aliphatic rings. The molecular formula is C19H14N2O5. The average Bonchev–Trinajstić information content (AvgIpc) is 3.08. The van der Waals surface area contributed by atoms with Crippen molar-refractivity contribution < 1.29 is 23.8 Å². The van der Waals surface area contributed by atoms with Gasteiger partial charge in [-0.3, -0.25) is 4.79 Å². The normalized spacial score (nSPS) is 12.2. The van der Waals surface area contributed by atoms with Gasteiger partial charge >= 0.3 is 5.97 Å². The maximum absolute atomic E-state index is 12.3. The monoisotopic (exact) mass is 350 g/mol. The van der Waals surface area contributed by atoms with Gasteiger partial charge in [0.15, 0.2) is 17.2 Å². The Morgan fingerprint density at radius 1 is 1.19 bits per heavy atom. The van der Waals surface area contributed by atoms with Gasteiger partial charge in [-0.15, -0.1) is 0 Å². The topological polar surface area (TPSA) is 97.7 Å². The van der Waals surface area contributed by atoms with Gasteiger partial charge in [-0.2, -0.15) is 5.26 Å². The lowest BCUT2D eigenvalue weighted by Crippen LogP contribution is -2.13. The SMILES string of the molecule is CC(=O)Nc1ccccc1OC(=O)/C(C#N)=C/c1ccc2c(c1)OCO2. The molecule has 2 aromatic rings. The average molecular weight is 350 g/mol. The van der Waals surface area contributed by atoms with E-state index < -0.39 is 5.97 Å². The van der Waals surface area contributed by atoms with Crippen molar-refractivity contribution in [2.24, 2.45) is 0 Å². The fourth-order valence-electron chi connectivity index (χ4n) is 2.31. The quantitative estimate of drug-likeness (QED) is 0.394. The zero-order valence-electron chi connectivity index (χ0n) is 13.8. The molecule has 0 atom stereocenters. The number of anilines is 1. The number of nitrogens with one attached hydrogen (secondary N) is 1. The van der Waals surface area contributed by atoms with Crippen LogP contribution in [0.3, 0.4) is 0 Å². The van der Waals surface area contributed by atoms with E-state index in [1.165, 1.54) is 19.1 Å². The fourth-order valence-corrected chi connectivity index (χ4v) is 2.31. The van der Waals surface area contributed by atoms with Gasteiger partial charge in [0, 0.05) is 6.92 Å². The standard InChI is InChI=1S/C19H14N2O5/c1-12(22)21-15-4-2-3-5-16(15)26-19(23)14(10-20)8-13-6-7-17-18(9-13)25-11-24-17/h2-9H,11H2,1H3,(H,21,22)/b14-8+. The van der Waals surface area contributed by atoms with Crippen LogP contribution in [0.5, 0.6) is 17.2 Å². The van der Waals surface area contributed by atoms with Crippen molar-refractivity contribution in [3.63, 3.8) is 0 Å². The molecule has 0 unspecified atom stereocenters. The number of benzene rings is 2. The Morgan fingerprint density at radius 3 is 2.73 bits per heavy atom. The van der Waals surface area contributed by atoms with E-state index in [0.717, 1.165) is 0 Å². The molecule has 7 nitrogen and oxygen atoms in total. The summed E-state index contributed by atoms with van der Waals surface area (Å²) in [5.41, 5.74) is 0.744. The van der Waals surface area contributed by atoms with Crippen molar-refractivity contribution in [2.45, 2.75) is 6.92 Å². The number of carbonyl (C=O) groups is 2. The summed E-state index contributed by atoms with van der Waals surface area (Å²) in [5.74, 6) is 0.167. The number of nitriles is 1. The highest BCUT2D eigenvalue weighted by Gasteiger charge is 2.17. The molecule has 1 heterocycles. The van der Waals surface area contributed by atoms with Crippen molar-refractivity contribution in [3.8, 4) is 23.3 Å². The van der Waals surface area contributed by atoms with E-state index in [-0.39, 0.29) is 24.0 Å². The molecule has 7 heteroatoms. The Kier molecular flexibility index (Phi) is 4.85. The summed E-state index contributed by atoms with van der Waals surface area (Å²) in [7, 11) is 0. The number of esters is 1. The first kappa shape index (κ1) is 17.0. The summed E-state index contributed by atoms with van der Waals surface area (Å²) in [6.45, 7) is 1.48. The molecule has 3 rings (SSSR count). The van der Waals surface area contributed by atoms with Crippen molar-refractivity contribution in [1.29, 1.82) is 5.26 Å². The van der Waals surface area contributed by atoms with Crippen LogP contribution in [0.4, 0.5) is 5.69 Å². The lowest BCUT2D eigenvalue weighted by Gasteiger charge is -2.09. The molecule has 0 aromatic heterocycles. The minimum atomic E-state index is -0.831. The fraction of sp³-hybridized carbons (Fsp3) is 0.105. The van der Waals surface area contributed by atoms with E-state index in [2.05, 4.69) is 5.32 Å². The Hall–Kier alpha value is -3.79. The van der Waals surface area contributed by atoms with Crippen LogP contribution >= 0.6 is 0 Å². The first-order valence-electron chi connectivity index (χ1n) is 7.67. The summed E-state index contributed by atoms with van der Waals surface area (Å²) >= 11 is 0. The maximum atomic E-state index is 12.3. The van der Waals surface area contributed by atoms with Crippen molar-refractivity contribution >= 4 is 23.6 Å². The van der Waals surface area contributed by atoms with Gasteiger partial charge in [-0.05, 0) is 35.9 Å². The van der Waals surface area contributed by atoms with Gasteiger partial charge in [-0.1, -0.05) is 18.2 Å². The molecule has 0 aliphatic carbocycles. The summed E-state index contributed by atoms with van der Waals surface area (Å²) in [4.78, 5) is 23.6. The van der Waals surface area contributed by atoms with Gasteiger partial charge in [0.25, 0.3) is 0 Å². The van der Waals surface area contributed by atoms with Gasteiger partial charge in [-0.25, -0.2) is 4.79 Å². The highest BCUT2D eigenvalue weighted by Crippen LogP contribution is 2.33. The number of nitrogens with zero attached hydrogens (tertiary/aromatic N) is 1. The molecule has 0 saturated heterocycles. The first-order chi connectivity index (χ1) is 12.6. The molecule has 2 aromatic carbocycles. The number of amides is 1. The van der Waals surface area contributed by atoms with Gasteiger partial charge in [0.05, 0.1) is 5.69 Å². The van der Waals surface area contributed by atoms with Gasteiger partial charge < -0.3 is 19.5 Å². The predicted molar refractivity (Wildman–Crippen MR) is 92.5 cm³/mol. The van der Waals surface area contributed by atoms with Crippen molar-refractivity contribution in [3.05, 3.63) is 53.6 Å². The van der Waals surface area contributed by atoms with Crippen LogP contribution in [0.15, 0.2) is 48.0 Å². The van der Waals surface area contributed by atoms with Crippen LogP contribution in [0, 0.1) is 11.3 Å².